The van der Waals surface area contributed by atoms with Crippen LogP contribution >= 0.6 is 0 Å². The van der Waals surface area contributed by atoms with Gasteiger partial charge in [0, 0.05) is 35.5 Å². The lowest BCUT2D eigenvalue weighted by molar-refractivity contribution is 0.237. The van der Waals surface area contributed by atoms with Crippen molar-refractivity contribution in [1.82, 2.24) is 10.3 Å². The minimum absolute atomic E-state index is 0.0989. The Morgan fingerprint density at radius 2 is 1.55 bits per heavy atom. The monoisotopic (exact) mass is 416 g/mol. The molecule has 1 aromatic heterocycles. The van der Waals surface area contributed by atoms with Crippen LogP contribution < -0.4 is 10.1 Å². The largest absolute Gasteiger partial charge is 0.491 e. The summed E-state index contributed by atoms with van der Waals surface area (Å²) < 4.78 is 6.33. The first-order chi connectivity index (χ1) is 14.9. The normalized spacial score (nSPS) is 12.2. The van der Waals surface area contributed by atoms with E-state index in [0.29, 0.717) is 0 Å². The average molecular weight is 417 g/mol. The van der Waals surface area contributed by atoms with E-state index < -0.39 is 0 Å². The van der Waals surface area contributed by atoms with Crippen molar-refractivity contribution in [3.63, 3.8) is 0 Å². The van der Waals surface area contributed by atoms with E-state index in [4.69, 9.17) is 9.72 Å². The Hall–Kier alpha value is -2.65. The van der Waals surface area contributed by atoms with E-state index in [9.17, 15) is 0 Å². The van der Waals surface area contributed by atoms with Gasteiger partial charge < -0.3 is 10.1 Å². The third-order valence-corrected chi connectivity index (χ3v) is 5.72. The number of ether oxygens (including phenoxy) is 1. The van der Waals surface area contributed by atoms with E-state index in [-0.39, 0.29) is 12.1 Å². The van der Waals surface area contributed by atoms with Gasteiger partial charge in [-0.3, -0.25) is 4.98 Å². The summed E-state index contributed by atoms with van der Waals surface area (Å²) >= 11 is 0. The van der Waals surface area contributed by atoms with Crippen molar-refractivity contribution < 1.29 is 4.74 Å². The molecule has 0 aliphatic heterocycles. The molecule has 3 nitrogen and oxygen atoms in total. The average Bonchev–Trinajstić information content (AvgIpc) is 2.76. The van der Waals surface area contributed by atoms with Crippen LogP contribution in [-0.4, -0.2) is 11.1 Å². The smallest absolute Gasteiger partial charge is 0.128 e. The number of benzene rings is 2. The maximum Gasteiger partial charge on any atom is 0.128 e. The molecule has 2 aromatic carbocycles. The molecule has 0 radical (unpaired) electrons. The Bertz CT molecular complexity index is 973. The van der Waals surface area contributed by atoms with E-state index in [1.807, 2.05) is 6.07 Å². The summed E-state index contributed by atoms with van der Waals surface area (Å²) in [5, 5.41) is 3.65. The molecule has 0 saturated carbocycles. The second kappa shape index (κ2) is 10.6. The van der Waals surface area contributed by atoms with Gasteiger partial charge in [0.2, 0.25) is 0 Å². The van der Waals surface area contributed by atoms with Crippen LogP contribution in [0.25, 0.3) is 11.3 Å². The van der Waals surface area contributed by atoms with Gasteiger partial charge in [0.15, 0.2) is 0 Å². The number of nitrogens with one attached hydrogen (secondary N) is 1. The van der Waals surface area contributed by atoms with Gasteiger partial charge in [-0.15, -0.1) is 0 Å². The summed E-state index contributed by atoms with van der Waals surface area (Å²) in [6.07, 6.45) is 2.07. The summed E-state index contributed by atoms with van der Waals surface area (Å²) in [5.41, 5.74) is 8.39. The molecule has 1 atom stereocenters. The molecule has 1 N–H and O–H groups in total. The number of aryl methyl sites for hydroxylation is 3. The third-order valence-electron chi connectivity index (χ3n) is 5.72. The summed E-state index contributed by atoms with van der Waals surface area (Å²) in [6.45, 7) is 13.7. The van der Waals surface area contributed by atoms with Crippen LogP contribution in [0.5, 0.6) is 5.75 Å². The van der Waals surface area contributed by atoms with Crippen LogP contribution in [0.15, 0.2) is 54.6 Å². The molecule has 0 spiro atoms. The second-order valence-electron chi connectivity index (χ2n) is 8.42. The first-order valence-corrected chi connectivity index (χ1v) is 11.5. The van der Waals surface area contributed by atoms with Crippen molar-refractivity contribution in [2.75, 3.05) is 0 Å². The lowest BCUT2D eigenvalue weighted by Crippen LogP contribution is -2.21. The van der Waals surface area contributed by atoms with E-state index in [1.54, 1.807) is 0 Å². The summed E-state index contributed by atoms with van der Waals surface area (Å²) in [6, 6.07) is 19.4. The van der Waals surface area contributed by atoms with Gasteiger partial charge in [-0.25, -0.2) is 0 Å². The summed E-state index contributed by atoms with van der Waals surface area (Å²) in [7, 11) is 0. The zero-order valence-corrected chi connectivity index (χ0v) is 19.8. The molecule has 0 bridgehead atoms. The zero-order valence-electron chi connectivity index (χ0n) is 19.8. The van der Waals surface area contributed by atoms with Crippen molar-refractivity contribution in [3.05, 3.63) is 82.5 Å². The topological polar surface area (TPSA) is 34.1 Å². The Kier molecular flexibility index (Phi) is 7.86. The molecule has 0 amide bonds. The lowest BCUT2D eigenvalue weighted by Gasteiger charge is -2.23. The SMILES string of the molecule is CCc1cccc(CC)c1-c1cc(OC(C)C)c(C(C)NCc2ccccc2)c(C)n1. The van der Waals surface area contributed by atoms with E-state index in [2.05, 4.69) is 95.4 Å². The minimum atomic E-state index is 0.0989. The fourth-order valence-electron chi connectivity index (χ4n) is 4.20. The summed E-state index contributed by atoms with van der Waals surface area (Å²) in [5.74, 6) is 0.929. The molecule has 3 heteroatoms. The van der Waals surface area contributed by atoms with E-state index >= 15 is 0 Å². The number of hydrogen-bond acceptors (Lipinski definition) is 3. The van der Waals surface area contributed by atoms with Crippen molar-refractivity contribution in [1.29, 1.82) is 0 Å². The molecule has 0 aliphatic carbocycles. The van der Waals surface area contributed by atoms with Crippen molar-refractivity contribution >= 4 is 0 Å². The molecular formula is C28H36N2O. The van der Waals surface area contributed by atoms with Crippen LogP contribution in [0.2, 0.25) is 0 Å². The highest BCUT2D eigenvalue weighted by Gasteiger charge is 2.20. The number of rotatable bonds is 9. The van der Waals surface area contributed by atoms with Gasteiger partial charge in [0.1, 0.15) is 5.75 Å². The van der Waals surface area contributed by atoms with Crippen LogP contribution in [0.1, 0.15) is 68.6 Å². The fraction of sp³-hybridized carbons (Fsp3) is 0.393. The van der Waals surface area contributed by atoms with Gasteiger partial charge in [-0.1, -0.05) is 62.4 Å². The first-order valence-electron chi connectivity index (χ1n) is 11.5. The highest BCUT2D eigenvalue weighted by molar-refractivity contribution is 5.70. The Morgan fingerprint density at radius 1 is 0.903 bits per heavy atom. The van der Waals surface area contributed by atoms with Crippen LogP contribution in [0, 0.1) is 6.92 Å². The maximum absolute atomic E-state index is 6.33. The number of pyridine rings is 1. The molecule has 3 aromatic rings. The minimum Gasteiger partial charge on any atom is -0.491 e. The predicted octanol–water partition coefficient (Wildman–Crippen LogP) is 6.82. The Morgan fingerprint density at radius 3 is 2.13 bits per heavy atom. The lowest BCUT2D eigenvalue weighted by atomic mass is 9.93. The van der Waals surface area contributed by atoms with Crippen molar-refractivity contribution in [2.24, 2.45) is 0 Å². The van der Waals surface area contributed by atoms with Crippen molar-refractivity contribution in [3.8, 4) is 17.0 Å². The van der Waals surface area contributed by atoms with Gasteiger partial charge in [-0.05, 0) is 57.2 Å². The highest BCUT2D eigenvalue weighted by Crippen LogP contribution is 2.35. The molecule has 164 valence electrons. The fourth-order valence-corrected chi connectivity index (χ4v) is 4.20. The highest BCUT2D eigenvalue weighted by atomic mass is 16.5. The molecular weight excluding hydrogens is 380 g/mol. The van der Waals surface area contributed by atoms with Gasteiger partial charge in [0.05, 0.1) is 11.8 Å². The van der Waals surface area contributed by atoms with Crippen LogP contribution in [0.3, 0.4) is 0 Å². The third kappa shape index (κ3) is 5.54. The number of hydrogen-bond donors (Lipinski definition) is 1. The first kappa shape index (κ1) is 23.0. The standard InChI is InChI=1S/C28H36N2O/c1-7-23-15-12-16-24(8-2)28(23)25-17-26(31-19(3)4)27(21(6)30-25)20(5)29-18-22-13-10-9-11-14-22/h9-17,19-20,29H,7-8,18H2,1-6H3. The van der Waals surface area contributed by atoms with Crippen LogP contribution in [0.4, 0.5) is 0 Å². The second-order valence-corrected chi connectivity index (χ2v) is 8.42. The molecule has 0 saturated heterocycles. The van der Waals surface area contributed by atoms with E-state index in [0.717, 1.165) is 42.1 Å². The van der Waals surface area contributed by atoms with E-state index in [1.165, 1.54) is 22.3 Å². The maximum atomic E-state index is 6.33. The zero-order chi connectivity index (χ0) is 22.4. The quantitative estimate of drug-likeness (QED) is 0.415. The van der Waals surface area contributed by atoms with Crippen molar-refractivity contribution in [2.45, 2.75) is 73.1 Å². The predicted molar refractivity (Wildman–Crippen MR) is 131 cm³/mol. The Labute approximate surface area is 187 Å². The Balaban J connectivity index is 2.02. The van der Waals surface area contributed by atoms with Gasteiger partial charge in [-0.2, -0.15) is 0 Å². The summed E-state index contributed by atoms with van der Waals surface area (Å²) in [4.78, 5) is 5.08. The molecule has 0 aliphatic rings. The van der Waals surface area contributed by atoms with Gasteiger partial charge in [0.25, 0.3) is 0 Å². The molecule has 0 fully saturated rings. The van der Waals surface area contributed by atoms with Crippen LogP contribution in [-0.2, 0) is 19.4 Å². The molecule has 31 heavy (non-hydrogen) atoms. The molecule has 1 unspecified atom stereocenters. The molecule has 1 heterocycles. The van der Waals surface area contributed by atoms with Gasteiger partial charge >= 0.3 is 0 Å². The number of nitrogens with zero attached hydrogens (tertiary/aromatic N) is 1. The molecule has 3 rings (SSSR count). The number of aromatic nitrogens is 1.